The molecule has 0 aromatic heterocycles. The average Bonchev–Trinajstić information content (AvgIpc) is 1.84. The molecule has 3 nitrogen and oxygen atoms in total. The van der Waals surface area contributed by atoms with Crippen LogP contribution in [0.4, 0.5) is 0 Å². The summed E-state index contributed by atoms with van der Waals surface area (Å²) in [5.74, 6) is -0.446. The van der Waals surface area contributed by atoms with Crippen LogP contribution in [0, 0.1) is 11.8 Å². The highest BCUT2D eigenvalue weighted by Crippen LogP contribution is 2.29. The van der Waals surface area contributed by atoms with Gasteiger partial charge in [-0.1, -0.05) is 6.92 Å². The molecule has 1 aliphatic carbocycles. The Morgan fingerprint density at radius 1 is 1.73 bits per heavy atom. The van der Waals surface area contributed by atoms with E-state index in [0.29, 0.717) is 25.2 Å². The zero-order valence-electron chi connectivity index (χ0n) is 6.54. The number of carbonyl (C=O) groups is 2. The summed E-state index contributed by atoms with van der Waals surface area (Å²) < 4.78 is 0. The van der Waals surface area contributed by atoms with Crippen LogP contribution >= 0.6 is 0 Å². The maximum Gasteiger partial charge on any atom is 0.306 e. The first-order chi connectivity index (χ1) is 5.09. The van der Waals surface area contributed by atoms with Gasteiger partial charge in [0.2, 0.25) is 0 Å². The van der Waals surface area contributed by atoms with Crippen molar-refractivity contribution in [3.8, 4) is 0 Å². The Morgan fingerprint density at radius 3 is 2.64 bits per heavy atom. The fourth-order valence-electron chi connectivity index (χ4n) is 1.35. The highest BCUT2D eigenvalue weighted by atomic mass is 16.4. The van der Waals surface area contributed by atoms with Gasteiger partial charge in [-0.3, -0.25) is 9.59 Å². The Hall–Kier alpha value is -0.860. The highest BCUT2D eigenvalue weighted by Gasteiger charge is 2.29. The van der Waals surface area contributed by atoms with E-state index in [4.69, 9.17) is 5.11 Å². The highest BCUT2D eigenvalue weighted by molar-refractivity contribution is 5.84. The van der Waals surface area contributed by atoms with Crippen LogP contribution in [-0.2, 0) is 9.59 Å². The quantitative estimate of drug-likeness (QED) is 0.665. The molecular weight excluding hydrogens is 144 g/mol. The monoisotopic (exact) mass is 156 g/mol. The number of Topliss-reactive ketones (excluding diaryl/α,β-unsaturated/α-hetero) is 1. The van der Waals surface area contributed by atoms with Crippen molar-refractivity contribution in [1.82, 2.24) is 0 Å². The van der Waals surface area contributed by atoms with Crippen LogP contribution in [0.25, 0.3) is 0 Å². The second-order valence-electron chi connectivity index (χ2n) is 3.29. The van der Waals surface area contributed by atoms with Gasteiger partial charge in [-0.25, -0.2) is 0 Å². The van der Waals surface area contributed by atoms with Crippen molar-refractivity contribution in [2.45, 2.75) is 26.2 Å². The van der Waals surface area contributed by atoms with Gasteiger partial charge in [0, 0.05) is 12.8 Å². The molecule has 1 rings (SSSR count). The lowest BCUT2D eigenvalue weighted by atomic mass is 9.78. The molecule has 1 saturated carbocycles. The van der Waals surface area contributed by atoms with Crippen molar-refractivity contribution in [3.63, 3.8) is 0 Å². The van der Waals surface area contributed by atoms with Crippen LogP contribution in [-0.4, -0.2) is 16.9 Å². The molecule has 0 aromatic carbocycles. The standard InChI is InChI=1S/C8H12O3/c1-5(8(10)11)2-6-3-7(9)4-6/h5-6H,2-4H2,1H3,(H,10,11). The molecule has 1 fully saturated rings. The maximum atomic E-state index is 10.5. The first kappa shape index (κ1) is 8.24. The zero-order valence-corrected chi connectivity index (χ0v) is 6.54. The number of carboxylic acids is 1. The summed E-state index contributed by atoms with van der Waals surface area (Å²) in [4.78, 5) is 20.9. The first-order valence-corrected chi connectivity index (χ1v) is 3.84. The largest absolute Gasteiger partial charge is 0.481 e. The third kappa shape index (κ3) is 2.03. The minimum atomic E-state index is -0.760. The summed E-state index contributed by atoms with van der Waals surface area (Å²) in [7, 11) is 0. The molecule has 1 N–H and O–H groups in total. The van der Waals surface area contributed by atoms with Crippen molar-refractivity contribution in [2.24, 2.45) is 11.8 Å². The summed E-state index contributed by atoms with van der Waals surface area (Å²) in [5, 5.41) is 8.53. The van der Waals surface area contributed by atoms with E-state index < -0.39 is 5.97 Å². The Balaban J connectivity index is 2.21. The lowest BCUT2D eigenvalue weighted by molar-refractivity contribution is -0.143. The second kappa shape index (κ2) is 3.03. The lowest BCUT2D eigenvalue weighted by Gasteiger charge is -2.25. The van der Waals surface area contributed by atoms with Crippen molar-refractivity contribution < 1.29 is 14.7 Å². The number of carboxylic acid groups (broad SMARTS) is 1. The normalized spacial score (nSPS) is 21.0. The molecule has 1 atom stereocenters. The summed E-state index contributed by atoms with van der Waals surface area (Å²) in [6.45, 7) is 1.69. The first-order valence-electron chi connectivity index (χ1n) is 3.84. The molecule has 62 valence electrons. The number of carbonyl (C=O) groups excluding carboxylic acids is 1. The average molecular weight is 156 g/mol. The summed E-state index contributed by atoms with van der Waals surface area (Å²) in [5.41, 5.74) is 0. The smallest absolute Gasteiger partial charge is 0.306 e. The van der Waals surface area contributed by atoms with E-state index in [-0.39, 0.29) is 11.7 Å². The molecule has 0 spiro atoms. The molecular formula is C8H12O3. The zero-order chi connectivity index (χ0) is 8.43. The molecule has 0 saturated heterocycles. The molecule has 0 amide bonds. The number of hydrogen-bond acceptors (Lipinski definition) is 2. The Morgan fingerprint density at radius 2 is 2.27 bits per heavy atom. The third-order valence-electron chi connectivity index (χ3n) is 2.14. The van der Waals surface area contributed by atoms with Crippen molar-refractivity contribution in [2.75, 3.05) is 0 Å². The van der Waals surface area contributed by atoms with E-state index in [9.17, 15) is 9.59 Å². The third-order valence-corrected chi connectivity index (χ3v) is 2.14. The Labute approximate surface area is 65.4 Å². The van der Waals surface area contributed by atoms with Crippen molar-refractivity contribution >= 4 is 11.8 Å². The van der Waals surface area contributed by atoms with Crippen LogP contribution in [0.1, 0.15) is 26.2 Å². The SMILES string of the molecule is CC(CC1CC(=O)C1)C(=O)O. The second-order valence-corrected chi connectivity index (χ2v) is 3.29. The lowest BCUT2D eigenvalue weighted by Crippen LogP contribution is -2.26. The predicted octanol–water partition coefficient (Wildman–Crippen LogP) is 1.08. The summed E-state index contributed by atoms with van der Waals surface area (Å²) in [6.07, 6.45) is 1.84. The summed E-state index contributed by atoms with van der Waals surface area (Å²) >= 11 is 0. The van der Waals surface area contributed by atoms with Gasteiger partial charge in [0.1, 0.15) is 5.78 Å². The molecule has 0 bridgehead atoms. The minimum Gasteiger partial charge on any atom is -0.481 e. The van der Waals surface area contributed by atoms with Gasteiger partial charge in [0.25, 0.3) is 0 Å². The summed E-state index contributed by atoms with van der Waals surface area (Å²) in [6, 6.07) is 0. The molecule has 1 unspecified atom stereocenters. The van der Waals surface area contributed by atoms with E-state index in [0.717, 1.165) is 0 Å². The van der Waals surface area contributed by atoms with Gasteiger partial charge in [0.05, 0.1) is 5.92 Å². The van der Waals surface area contributed by atoms with E-state index in [2.05, 4.69) is 0 Å². The van der Waals surface area contributed by atoms with Crippen LogP contribution in [0.15, 0.2) is 0 Å². The Kier molecular flexibility index (Phi) is 2.27. The van der Waals surface area contributed by atoms with Gasteiger partial charge in [-0.15, -0.1) is 0 Å². The van der Waals surface area contributed by atoms with Gasteiger partial charge < -0.3 is 5.11 Å². The number of rotatable bonds is 3. The van der Waals surface area contributed by atoms with Gasteiger partial charge >= 0.3 is 5.97 Å². The van der Waals surface area contributed by atoms with E-state index in [1.165, 1.54) is 0 Å². The number of aliphatic carboxylic acids is 1. The molecule has 0 heterocycles. The van der Waals surface area contributed by atoms with Crippen molar-refractivity contribution in [3.05, 3.63) is 0 Å². The molecule has 0 radical (unpaired) electrons. The van der Waals surface area contributed by atoms with E-state index in [1.54, 1.807) is 6.92 Å². The topological polar surface area (TPSA) is 54.4 Å². The van der Waals surface area contributed by atoms with Crippen LogP contribution in [0.5, 0.6) is 0 Å². The van der Waals surface area contributed by atoms with Crippen molar-refractivity contribution in [1.29, 1.82) is 0 Å². The van der Waals surface area contributed by atoms with E-state index in [1.807, 2.05) is 0 Å². The molecule has 3 heteroatoms. The molecule has 1 aliphatic rings. The van der Waals surface area contributed by atoms with Crippen LogP contribution in [0.2, 0.25) is 0 Å². The maximum absolute atomic E-state index is 10.5. The van der Waals surface area contributed by atoms with Gasteiger partial charge in [-0.2, -0.15) is 0 Å². The van der Waals surface area contributed by atoms with Crippen LogP contribution in [0.3, 0.4) is 0 Å². The number of hydrogen-bond donors (Lipinski definition) is 1. The molecule has 0 aromatic rings. The Bertz CT molecular complexity index is 178. The fraction of sp³-hybridized carbons (Fsp3) is 0.750. The predicted molar refractivity (Wildman–Crippen MR) is 39.1 cm³/mol. The minimum absolute atomic E-state index is 0.271. The fourth-order valence-corrected chi connectivity index (χ4v) is 1.35. The van der Waals surface area contributed by atoms with Gasteiger partial charge in [-0.05, 0) is 12.3 Å². The van der Waals surface area contributed by atoms with Crippen LogP contribution < -0.4 is 0 Å². The molecule has 11 heavy (non-hydrogen) atoms. The number of ketones is 1. The van der Waals surface area contributed by atoms with E-state index >= 15 is 0 Å². The van der Waals surface area contributed by atoms with Gasteiger partial charge in [0.15, 0.2) is 0 Å². The molecule has 0 aliphatic heterocycles.